The fourth-order valence-corrected chi connectivity index (χ4v) is 18.2. The Morgan fingerprint density at radius 1 is 0.212 bits per heavy atom. The minimum absolute atomic E-state index is 0.626. The molecule has 118 heavy (non-hydrogen) atoms. The number of pyridine rings is 5. The number of halogens is 5. The van der Waals surface area contributed by atoms with Crippen molar-refractivity contribution in [1.82, 2.24) is 62.7 Å². The van der Waals surface area contributed by atoms with Gasteiger partial charge in [-0.15, -0.1) is 0 Å². The van der Waals surface area contributed by atoms with Crippen molar-refractivity contribution < 1.29 is 0 Å². The van der Waals surface area contributed by atoms with Crippen LogP contribution in [0.4, 0.5) is 0 Å². The SMILES string of the molecule is Brc1ccc2c(c1)c1ncccc1n2-c1cccc(-c2nc(-c3ccccc3)nc(-c3ccccc3)n2)c1.Brc1cccc2c1c1cccnc1n2-c1ccccc1.Brc1cccc2c1c1ccncc1n2-c1ccccc1.Brc1cccc2c1c1cnccc1n2-c1ccccc1.Brc1cccc2c1c1ncccc1n2-c1ccccc1. The van der Waals surface area contributed by atoms with Crippen LogP contribution in [0.2, 0.25) is 0 Å². The molecule has 0 aliphatic heterocycles. The zero-order valence-corrected chi connectivity index (χ0v) is 70.6. The molecule has 0 fully saturated rings. The van der Waals surface area contributed by atoms with Gasteiger partial charge in [-0.05, 0) is 176 Å². The first-order valence-corrected chi connectivity index (χ1v) is 42.0. The van der Waals surface area contributed by atoms with E-state index in [1.54, 1.807) is 0 Å². The van der Waals surface area contributed by atoms with Crippen LogP contribution in [0, 0.1) is 0 Å². The molecular formula is C100H64Br5N13. The van der Waals surface area contributed by atoms with Crippen LogP contribution in [-0.2, 0) is 0 Å². The van der Waals surface area contributed by atoms with Gasteiger partial charge in [0.1, 0.15) is 5.65 Å². The quantitative estimate of drug-likeness (QED) is 0.147. The van der Waals surface area contributed by atoms with E-state index in [0.29, 0.717) is 17.5 Å². The zero-order valence-electron chi connectivity index (χ0n) is 62.7. The zero-order chi connectivity index (χ0) is 79.6. The number of para-hydroxylation sites is 4. The molecule has 0 radical (unpaired) electrons. The standard InChI is InChI=1S/C32H20BrN5.4C17H11BrN2/c33-24-16-17-27-26(20-24)29-28(15-8-18-34-29)38(27)25-14-7-13-23(19-25)32-36-30(21-9-3-1-4-10-21)35-31(37-32)22-11-5-2-6-12-22;18-14-9-4-10-15-16(14)13-8-5-11-19-17(13)20(15)12-6-2-1-3-7-12;18-13-8-4-9-14-16(13)17-15(10-5-11-19-17)20(14)12-6-2-1-3-7-12;18-14-7-4-8-16-17(14)13-11-19-10-9-15(13)20(16)12-5-2-1-3-6-12;18-14-7-4-8-15-17(14)13-9-10-19-11-16(13)20(15)12-5-2-1-3-6-12/h1-20H;4*1-11H. The molecular weight excluding hydrogens is 1780 g/mol. The molecule has 11 aromatic heterocycles. The van der Waals surface area contributed by atoms with Crippen molar-refractivity contribution in [1.29, 1.82) is 0 Å². The highest BCUT2D eigenvalue weighted by Gasteiger charge is 2.21. The van der Waals surface area contributed by atoms with Gasteiger partial charge in [0.05, 0.1) is 66.9 Å². The molecule has 23 rings (SSSR count). The second kappa shape index (κ2) is 33.2. The molecule has 0 amide bonds. The summed E-state index contributed by atoms with van der Waals surface area (Å²) in [6.07, 6.45) is 13.1. The Morgan fingerprint density at radius 2 is 0.593 bits per heavy atom. The monoisotopic (exact) mass is 1840 g/mol. The van der Waals surface area contributed by atoms with E-state index in [1.807, 2.05) is 171 Å². The summed E-state index contributed by atoms with van der Waals surface area (Å²) in [4.78, 5) is 37.0. The van der Waals surface area contributed by atoms with Crippen molar-refractivity contribution in [2.75, 3.05) is 0 Å². The molecule has 18 heteroatoms. The van der Waals surface area contributed by atoms with E-state index in [2.05, 4.69) is 341 Å². The van der Waals surface area contributed by atoms with Gasteiger partial charge in [0.15, 0.2) is 17.5 Å². The van der Waals surface area contributed by atoms with E-state index in [-0.39, 0.29) is 0 Å². The first-order valence-electron chi connectivity index (χ1n) is 38.1. The predicted octanol–water partition coefficient (Wildman–Crippen LogP) is 27.9. The predicted molar refractivity (Wildman–Crippen MR) is 501 cm³/mol. The number of hydrogen-bond donors (Lipinski definition) is 0. The molecule has 0 N–H and O–H groups in total. The fraction of sp³-hybridized carbons (Fsp3) is 0. The Bertz CT molecular complexity index is 6950. The highest BCUT2D eigenvalue weighted by Crippen LogP contribution is 2.42. The highest BCUT2D eigenvalue weighted by molar-refractivity contribution is 9.11. The minimum Gasteiger partial charge on any atom is -0.309 e. The molecule has 0 aliphatic rings. The van der Waals surface area contributed by atoms with E-state index >= 15 is 0 Å². The summed E-state index contributed by atoms with van der Waals surface area (Å²) in [5.74, 6) is 1.91. The fourth-order valence-electron chi connectivity index (χ4n) is 15.6. The lowest BCUT2D eigenvalue weighted by Gasteiger charge is -2.11. The number of aromatic nitrogens is 13. The second-order valence-corrected chi connectivity index (χ2v) is 32.0. The Hall–Kier alpha value is -13.2. The molecule has 13 nitrogen and oxygen atoms in total. The number of hydrogen-bond acceptors (Lipinski definition) is 8. The summed E-state index contributed by atoms with van der Waals surface area (Å²) in [5.41, 5.74) is 21.7. The topological polar surface area (TPSA) is 128 Å². The van der Waals surface area contributed by atoms with Crippen LogP contribution in [0.25, 0.3) is 172 Å². The van der Waals surface area contributed by atoms with Crippen molar-refractivity contribution >= 4 is 189 Å². The van der Waals surface area contributed by atoms with E-state index < -0.39 is 0 Å². The summed E-state index contributed by atoms with van der Waals surface area (Å²) >= 11 is 18.3. The first kappa shape index (κ1) is 74.9. The van der Waals surface area contributed by atoms with Gasteiger partial charge in [0, 0.05) is 148 Å². The minimum atomic E-state index is 0.626. The number of nitrogens with zero attached hydrogens (tertiary/aromatic N) is 13. The van der Waals surface area contributed by atoms with Crippen LogP contribution in [0.1, 0.15) is 0 Å². The van der Waals surface area contributed by atoms with Crippen LogP contribution in [0.5, 0.6) is 0 Å². The average molecular weight is 1850 g/mol. The molecule has 0 atom stereocenters. The van der Waals surface area contributed by atoms with Crippen LogP contribution in [0.3, 0.4) is 0 Å². The maximum absolute atomic E-state index is 4.91. The van der Waals surface area contributed by atoms with Crippen molar-refractivity contribution in [3.05, 3.63) is 412 Å². The van der Waals surface area contributed by atoms with Gasteiger partial charge in [-0.3, -0.25) is 24.5 Å². The van der Waals surface area contributed by atoms with Crippen molar-refractivity contribution in [3.8, 4) is 62.6 Å². The molecule has 0 spiro atoms. The maximum Gasteiger partial charge on any atom is 0.164 e. The lowest BCUT2D eigenvalue weighted by Crippen LogP contribution is -2.01. The molecule has 0 saturated heterocycles. The largest absolute Gasteiger partial charge is 0.309 e. The summed E-state index contributed by atoms with van der Waals surface area (Å²) in [7, 11) is 0. The van der Waals surface area contributed by atoms with Crippen LogP contribution >= 0.6 is 79.6 Å². The highest BCUT2D eigenvalue weighted by atomic mass is 79.9. The summed E-state index contributed by atoms with van der Waals surface area (Å²) in [6, 6.07) is 118. The van der Waals surface area contributed by atoms with Gasteiger partial charge >= 0.3 is 0 Å². The lowest BCUT2D eigenvalue weighted by molar-refractivity contribution is 1.07. The Labute approximate surface area is 719 Å². The van der Waals surface area contributed by atoms with Gasteiger partial charge < -0.3 is 18.3 Å². The first-order chi connectivity index (χ1) is 58.2. The van der Waals surface area contributed by atoms with E-state index in [0.717, 1.165) is 117 Å². The molecule has 12 aromatic carbocycles. The molecule has 0 unspecified atom stereocenters. The van der Waals surface area contributed by atoms with Crippen molar-refractivity contribution in [2.24, 2.45) is 0 Å². The molecule has 0 bridgehead atoms. The van der Waals surface area contributed by atoms with Gasteiger partial charge in [0.2, 0.25) is 0 Å². The average Bonchev–Trinajstić information content (AvgIpc) is 1.60. The van der Waals surface area contributed by atoms with Crippen LogP contribution in [0.15, 0.2) is 412 Å². The summed E-state index contributed by atoms with van der Waals surface area (Å²) in [6.45, 7) is 0. The van der Waals surface area contributed by atoms with E-state index in [9.17, 15) is 0 Å². The molecule has 11 heterocycles. The third kappa shape index (κ3) is 14.3. The number of benzene rings is 12. The smallest absolute Gasteiger partial charge is 0.164 e. The third-order valence-corrected chi connectivity index (χ3v) is 23.8. The molecule has 23 aromatic rings. The lowest BCUT2D eigenvalue weighted by atomic mass is 10.1. The Kier molecular flexibility index (Phi) is 21.1. The van der Waals surface area contributed by atoms with E-state index in [4.69, 9.17) is 19.9 Å². The normalized spacial score (nSPS) is 11.3. The van der Waals surface area contributed by atoms with Gasteiger partial charge in [-0.25, -0.2) is 19.9 Å². The maximum atomic E-state index is 4.91. The molecule has 0 saturated carbocycles. The van der Waals surface area contributed by atoms with Gasteiger partial charge in [-0.2, -0.15) is 0 Å². The van der Waals surface area contributed by atoms with Crippen LogP contribution in [-0.4, -0.2) is 62.7 Å². The van der Waals surface area contributed by atoms with Gasteiger partial charge in [-0.1, -0.05) is 250 Å². The molecule has 564 valence electrons. The summed E-state index contributed by atoms with van der Waals surface area (Å²) < 4.78 is 16.6. The van der Waals surface area contributed by atoms with Crippen molar-refractivity contribution in [2.45, 2.75) is 0 Å². The van der Waals surface area contributed by atoms with Crippen LogP contribution < -0.4 is 0 Å². The van der Waals surface area contributed by atoms with E-state index in [1.165, 1.54) is 59.9 Å². The third-order valence-electron chi connectivity index (χ3n) is 20.7. The Balaban J connectivity index is 0.000000101. The van der Waals surface area contributed by atoms with Crippen molar-refractivity contribution in [3.63, 3.8) is 0 Å². The summed E-state index contributed by atoms with van der Waals surface area (Å²) in [5, 5.41) is 9.45. The second-order valence-electron chi connectivity index (χ2n) is 27.7. The Morgan fingerprint density at radius 3 is 1.16 bits per heavy atom. The molecule has 0 aliphatic carbocycles. The van der Waals surface area contributed by atoms with Gasteiger partial charge in [0.25, 0.3) is 0 Å². The number of fused-ring (bicyclic) bond motifs is 15. The number of rotatable bonds is 8.